The van der Waals surface area contributed by atoms with Crippen molar-refractivity contribution in [1.29, 1.82) is 0 Å². The summed E-state index contributed by atoms with van der Waals surface area (Å²) in [7, 11) is -3.72. The molecule has 2 bridgehead atoms. The molecule has 39 heavy (non-hydrogen) atoms. The number of anilines is 1. The Bertz CT molecular complexity index is 1620. The third-order valence-corrected chi connectivity index (χ3v) is 9.09. The number of H-pyrrole nitrogens is 1. The number of hydrogen-bond donors (Lipinski definition) is 2. The highest BCUT2D eigenvalue weighted by atomic mass is 32.2. The third kappa shape index (κ3) is 4.44. The van der Waals surface area contributed by atoms with Crippen molar-refractivity contribution >= 4 is 27.2 Å². The van der Waals surface area contributed by atoms with E-state index in [1.807, 2.05) is 17.0 Å². The van der Waals surface area contributed by atoms with E-state index in [1.54, 1.807) is 12.4 Å². The van der Waals surface area contributed by atoms with E-state index in [0.29, 0.717) is 24.2 Å². The first-order valence-electron chi connectivity index (χ1n) is 13.3. The molecule has 0 spiro atoms. The number of pyridine rings is 1. The van der Waals surface area contributed by atoms with Crippen LogP contribution in [0.2, 0.25) is 0 Å². The van der Waals surface area contributed by atoms with E-state index in [1.165, 1.54) is 10.8 Å². The Kier molecular flexibility index (Phi) is 6.32. The first-order valence-corrected chi connectivity index (χ1v) is 15.2. The highest BCUT2D eigenvalue weighted by molar-refractivity contribution is 7.91. The fourth-order valence-corrected chi connectivity index (χ4v) is 7.19. The highest BCUT2D eigenvalue weighted by Gasteiger charge is 2.46. The number of nitrogens with one attached hydrogen (secondary N) is 1. The van der Waals surface area contributed by atoms with Crippen LogP contribution in [-0.2, 0) is 16.3 Å². The van der Waals surface area contributed by atoms with E-state index in [9.17, 15) is 13.2 Å². The molecule has 0 radical (unpaired) electrons. The second kappa shape index (κ2) is 9.70. The Hall–Kier alpha value is -3.87. The van der Waals surface area contributed by atoms with Crippen LogP contribution in [0, 0.1) is 0 Å². The monoisotopic (exact) mass is 549 g/mol. The Morgan fingerprint density at radius 2 is 1.92 bits per heavy atom. The van der Waals surface area contributed by atoms with E-state index in [2.05, 4.69) is 32.2 Å². The predicted molar refractivity (Wildman–Crippen MR) is 144 cm³/mol. The number of unbranched alkanes of at least 4 members (excludes halogenated alkanes) is 1. The van der Waals surface area contributed by atoms with E-state index >= 15 is 0 Å². The smallest absolute Gasteiger partial charge is 0.291 e. The Labute approximate surface area is 226 Å². The van der Waals surface area contributed by atoms with Gasteiger partial charge in [0.05, 0.1) is 11.9 Å². The molecule has 0 aliphatic carbocycles. The lowest BCUT2D eigenvalue weighted by atomic mass is 9.87. The molecule has 6 rings (SSSR count). The number of rotatable bonds is 7. The molecule has 4 aromatic heterocycles. The molecule has 2 atom stereocenters. The number of sulfone groups is 1. The van der Waals surface area contributed by atoms with Crippen LogP contribution in [0.25, 0.3) is 16.8 Å². The quantitative estimate of drug-likeness (QED) is 0.352. The number of hydrogen-bond acceptors (Lipinski definition) is 9. The average Bonchev–Trinajstić information content (AvgIpc) is 3.65. The minimum Gasteiger partial charge on any atom is -0.382 e. The number of aryl methyl sites for hydroxylation is 1. The molecule has 2 unspecified atom stereocenters. The minimum atomic E-state index is -3.72. The number of carbonyl (C=O) groups is 1. The summed E-state index contributed by atoms with van der Waals surface area (Å²) in [5.74, 6) is -0.110. The molecule has 1 amide bonds. The number of aromatic nitrogens is 7. The summed E-state index contributed by atoms with van der Waals surface area (Å²) in [4.78, 5) is 28.6. The van der Waals surface area contributed by atoms with Crippen molar-refractivity contribution in [1.82, 2.24) is 39.7 Å². The summed E-state index contributed by atoms with van der Waals surface area (Å²) in [6.07, 6.45) is 11.8. The molecule has 2 aliphatic rings. The molecule has 2 aliphatic heterocycles. The first kappa shape index (κ1) is 25.4. The fraction of sp³-hybridized carbons (Fsp3) is 0.462. The zero-order valence-electron chi connectivity index (χ0n) is 21.9. The lowest BCUT2D eigenvalue weighted by Crippen LogP contribution is -2.46. The van der Waals surface area contributed by atoms with Gasteiger partial charge in [0.1, 0.15) is 17.0 Å². The lowest BCUT2D eigenvalue weighted by Gasteiger charge is -2.38. The molecule has 6 heterocycles. The molecular weight excluding hydrogens is 518 g/mol. The van der Waals surface area contributed by atoms with Crippen molar-refractivity contribution in [2.45, 2.75) is 74.8 Å². The molecule has 0 saturated carbocycles. The number of aromatic amines is 1. The van der Waals surface area contributed by atoms with Gasteiger partial charge in [-0.05, 0) is 44.6 Å². The summed E-state index contributed by atoms with van der Waals surface area (Å²) in [6.45, 7) is 2.15. The van der Waals surface area contributed by atoms with Gasteiger partial charge in [0.2, 0.25) is 5.82 Å². The molecule has 12 nitrogen and oxygen atoms in total. The zero-order valence-corrected chi connectivity index (χ0v) is 22.7. The third-order valence-electron chi connectivity index (χ3n) is 7.93. The van der Waals surface area contributed by atoms with Crippen LogP contribution in [0.15, 0.2) is 35.7 Å². The van der Waals surface area contributed by atoms with Crippen LogP contribution < -0.4 is 5.73 Å². The maximum absolute atomic E-state index is 13.1. The Morgan fingerprint density at radius 3 is 2.54 bits per heavy atom. The molecule has 4 aromatic rings. The van der Waals surface area contributed by atoms with E-state index in [-0.39, 0.29) is 40.4 Å². The van der Waals surface area contributed by atoms with Gasteiger partial charge < -0.3 is 10.6 Å². The second-order valence-corrected chi connectivity index (χ2v) is 12.5. The van der Waals surface area contributed by atoms with Crippen molar-refractivity contribution in [3.8, 4) is 11.1 Å². The van der Waals surface area contributed by atoms with E-state index in [0.717, 1.165) is 55.2 Å². The van der Waals surface area contributed by atoms with E-state index in [4.69, 9.17) is 10.7 Å². The van der Waals surface area contributed by atoms with Crippen LogP contribution in [0.4, 0.5) is 5.82 Å². The van der Waals surface area contributed by atoms with Crippen LogP contribution in [-0.4, -0.2) is 72.3 Å². The Morgan fingerprint density at radius 1 is 1.15 bits per heavy atom. The zero-order chi connectivity index (χ0) is 27.3. The number of piperidine rings is 1. The van der Waals surface area contributed by atoms with Crippen LogP contribution in [0.1, 0.15) is 73.4 Å². The first-order chi connectivity index (χ1) is 18.8. The number of carbonyl (C=O) groups excluding carboxylic acids is 1. The maximum atomic E-state index is 13.1. The molecule has 0 aromatic carbocycles. The van der Waals surface area contributed by atoms with Gasteiger partial charge in [0, 0.05) is 47.3 Å². The highest BCUT2D eigenvalue weighted by Crippen LogP contribution is 2.45. The molecule has 13 heteroatoms. The van der Waals surface area contributed by atoms with Crippen molar-refractivity contribution < 1.29 is 13.2 Å². The molecular formula is C26H31N9O3S. The normalized spacial score (nSPS) is 21.1. The van der Waals surface area contributed by atoms with Crippen molar-refractivity contribution in [3.05, 3.63) is 48.1 Å². The van der Waals surface area contributed by atoms with Gasteiger partial charge in [-0.2, -0.15) is 14.7 Å². The summed E-state index contributed by atoms with van der Waals surface area (Å²) >= 11 is 0. The van der Waals surface area contributed by atoms with Gasteiger partial charge in [-0.15, -0.1) is 0 Å². The van der Waals surface area contributed by atoms with Gasteiger partial charge in [-0.25, -0.2) is 18.4 Å². The fourth-order valence-electron chi connectivity index (χ4n) is 6.13. The second-order valence-electron chi connectivity index (χ2n) is 10.5. The molecule has 204 valence electrons. The van der Waals surface area contributed by atoms with Crippen LogP contribution in [0.3, 0.4) is 0 Å². The summed E-state index contributed by atoms with van der Waals surface area (Å²) < 4.78 is 27.4. The molecule has 2 saturated heterocycles. The predicted octanol–water partition coefficient (Wildman–Crippen LogP) is 2.79. The van der Waals surface area contributed by atoms with Gasteiger partial charge >= 0.3 is 0 Å². The largest absolute Gasteiger partial charge is 0.382 e. The van der Waals surface area contributed by atoms with Gasteiger partial charge in [-0.3, -0.25) is 14.9 Å². The van der Waals surface area contributed by atoms with Gasteiger partial charge in [-0.1, -0.05) is 19.4 Å². The topological polar surface area (TPSA) is 165 Å². The van der Waals surface area contributed by atoms with Crippen molar-refractivity contribution in [3.63, 3.8) is 0 Å². The SMILES string of the molecule is CCCCc1ccc(-c2cnn3c(N)c(S(C)(=O)=O)c(C4CC5CCC(C4)N5C(=O)c4ncn[nH]4)nc23)cn1. The number of nitrogens with two attached hydrogens (primary N) is 1. The van der Waals surface area contributed by atoms with Gasteiger partial charge in [0.25, 0.3) is 5.91 Å². The molecule has 2 fully saturated rings. The van der Waals surface area contributed by atoms with Crippen LogP contribution in [0.5, 0.6) is 0 Å². The van der Waals surface area contributed by atoms with Crippen molar-refractivity contribution in [2.24, 2.45) is 0 Å². The summed E-state index contributed by atoms with van der Waals surface area (Å²) in [5, 5.41) is 10.9. The minimum absolute atomic E-state index is 0.0112. The van der Waals surface area contributed by atoms with E-state index < -0.39 is 9.84 Å². The number of amides is 1. The average molecular weight is 550 g/mol. The number of fused-ring (bicyclic) bond motifs is 3. The van der Waals surface area contributed by atoms with Gasteiger partial charge in [0.15, 0.2) is 15.5 Å². The Balaban J connectivity index is 1.40. The standard InChI is InChI=1S/C26H31N9O3S/c1-3-4-5-17-7-6-15(12-28-17)20-13-31-35-23(27)22(39(2,37)38)21(32-25(20)35)16-10-18-8-9-19(11-16)34(18)26(36)24-29-14-30-33-24/h6-7,12-14,16,18-19H,3-5,8-11,27H2,1-2H3,(H,29,30,33). The summed E-state index contributed by atoms with van der Waals surface area (Å²) in [6, 6.07) is 3.89. The molecule has 3 N–H and O–H groups in total. The lowest BCUT2D eigenvalue weighted by molar-refractivity contribution is 0.0556. The maximum Gasteiger partial charge on any atom is 0.291 e. The summed E-state index contributed by atoms with van der Waals surface area (Å²) in [5.41, 5.74) is 10.0. The van der Waals surface area contributed by atoms with Crippen molar-refractivity contribution in [2.75, 3.05) is 12.0 Å². The van der Waals surface area contributed by atoms with Crippen LogP contribution >= 0.6 is 0 Å². The number of nitrogens with zero attached hydrogens (tertiary/aromatic N) is 7. The number of nitrogen functional groups attached to an aromatic ring is 1.